The molecule has 0 atom stereocenters. The van der Waals surface area contributed by atoms with E-state index >= 15 is 0 Å². The van der Waals surface area contributed by atoms with E-state index in [9.17, 15) is 5.11 Å². The summed E-state index contributed by atoms with van der Waals surface area (Å²) >= 11 is 0. The highest BCUT2D eigenvalue weighted by Crippen LogP contribution is 1.87. The van der Waals surface area contributed by atoms with E-state index in [-0.39, 0.29) is 6.61 Å². The first-order valence-corrected chi connectivity index (χ1v) is 3.31. The van der Waals surface area contributed by atoms with Crippen LogP contribution in [0.15, 0.2) is 24.3 Å². The minimum Gasteiger partial charge on any atom is -0.232 e. The molecule has 0 N–H and O–H groups in total. The molecule has 9 heavy (non-hydrogen) atoms. The first-order valence-electron chi connectivity index (χ1n) is 3.31. The summed E-state index contributed by atoms with van der Waals surface area (Å²) in [6, 6.07) is 0. The lowest BCUT2D eigenvalue weighted by atomic mass is 10.3. The lowest BCUT2D eigenvalue weighted by molar-refractivity contribution is 0.232. The molecule has 0 saturated carbocycles. The molecule has 0 aromatic rings. The topological polar surface area (TPSA) is 19.9 Å². The lowest BCUT2D eigenvalue weighted by Gasteiger charge is -1.79. The molecule has 1 heteroatoms. The van der Waals surface area contributed by atoms with Crippen LogP contribution in [0.25, 0.3) is 0 Å². The van der Waals surface area contributed by atoms with Crippen molar-refractivity contribution in [2.45, 2.75) is 19.8 Å². The van der Waals surface area contributed by atoms with Crippen LogP contribution in [0.4, 0.5) is 0 Å². The Morgan fingerprint density at radius 1 is 1.22 bits per heavy atom. The van der Waals surface area contributed by atoms with Crippen LogP contribution in [0.1, 0.15) is 19.8 Å². The molecule has 0 aliphatic rings. The van der Waals surface area contributed by atoms with Crippen LogP contribution in [0, 0.1) is 0 Å². The maximum Gasteiger partial charge on any atom is 0.101 e. The van der Waals surface area contributed by atoms with Gasteiger partial charge in [0.15, 0.2) is 0 Å². The van der Waals surface area contributed by atoms with Crippen LogP contribution in [0.3, 0.4) is 0 Å². The Kier molecular flexibility index (Phi) is 6.98. The van der Waals surface area contributed by atoms with E-state index in [1.165, 1.54) is 6.42 Å². The van der Waals surface area contributed by atoms with E-state index in [1.54, 1.807) is 12.2 Å². The van der Waals surface area contributed by atoms with Gasteiger partial charge in [-0.05, 0) is 6.42 Å². The number of rotatable bonds is 4. The molecule has 0 saturated heterocycles. The third kappa shape index (κ3) is 7.44. The van der Waals surface area contributed by atoms with E-state index in [2.05, 4.69) is 13.0 Å². The van der Waals surface area contributed by atoms with Crippen molar-refractivity contribution in [2.75, 3.05) is 6.61 Å². The highest BCUT2D eigenvalue weighted by molar-refractivity contribution is 5.01. The van der Waals surface area contributed by atoms with E-state index in [0.717, 1.165) is 6.42 Å². The van der Waals surface area contributed by atoms with Gasteiger partial charge in [0, 0.05) is 0 Å². The Hall–Kier alpha value is -0.560. The molecule has 1 radical (unpaired) electrons. The van der Waals surface area contributed by atoms with Gasteiger partial charge in [-0.2, -0.15) is 0 Å². The lowest BCUT2D eigenvalue weighted by Crippen LogP contribution is -1.65. The fourth-order valence-corrected chi connectivity index (χ4v) is 0.476. The highest BCUT2D eigenvalue weighted by atomic mass is 16.2. The van der Waals surface area contributed by atoms with Crippen LogP contribution in [0.2, 0.25) is 0 Å². The van der Waals surface area contributed by atoms with Crippen LogP contribution < -0.4 is 0 Å². The third-order valence-corrected chi connectivity index (χ3v) is 0.935. The fraction of sp³-hybridized carbons (Fsp3) is 0.500. The Labute approximate surface area is 56.7 Å². The van der Waals surface area contributed by atoms with Gasteiger partial charge in [-0.1, -0.05) is 37.6 Å². The molecule has 0 aromatic heterocycles. The molecule has 0 spiro atoms. The minimum absolute atomic E-state index is 0.115. The zero-order valence-electron chi connectivity index (χ0n) is 5.84. The number of allylic oxidation sites excluding steroid dienone is 3. The zero-order chi connectivity index (χ0) is 6.95. The van der Waals surface area contributed by atoms with Crippen LogP contribution in [-0.4, -0.2) is 6.61 Å². The molecule has 0 bridgehead atoms. The van der Waals surface area contributed by atoms with Crippen molar-refractivity contribution in [2.24, 2.45) is 0 Å². The molecule has 0 heterocycles. The van der Waals surface area contributed by atoms with Crippen molar-refractivity contribution in [3.63, 3.8) is 0 Å². The van der Waals surface area contributed by atoms with Crippen molar-refractivity contribution in [1.29, 1.82) is 0 Å². The average Bonchev–Trinajstić information content (AvgIpc) is 1.89. The Morgan fingerprint density at radius 2 is 1.89 bits per heavy atom. The van der Waals surface area contributed by atoms with Crippen LogP contribution >= 0.6 is 0 Å². The third-order valence-electron chi connectivity index (χ3n) is 0.935. The van der Waals surface area contributed by atoms with Gasteiger partial charge in [0.25, 0.3) is 0 Å². The van der Waals surface area contributed by atoms with E-state index < -0.39 is 0 Å². The second-order valence-corrected chi connectivity index (χ2v) is 1.81. The second kappa shape index (κ2) is 7.44. The summed E-state index contributed by atoms with van der Waals surface area (Å²) < 4.78 is 0. The average molecular weight is 125 g/mol. The summed E-state index contributed by atoms with van der Waals surface area (Å²) in [6.45, 7) is 2.01. The van der Waals surface area contributed by atoms with Crippen LogP contribution in [-0.2, 0) is 5.11 Å². The van der Waals surface area contributed by atoms with Gasteiger partial charge in [0.2, 0.25) is 0 Å². The quantitative estimate of drug-likeness (QED) is 0.514. The molecule has 0 aromatic carbocycles. The Morgan fingerprint density at radius 3 is 2.44 bits per heavy atom. The van der Waals surface area contributed by atoms with Gasteiger partial charge in [-0.25, -0.2) is 5.11 Å². The van der Waals surface area contributed by atoms with Gasteiger partial charge in [-0.3, -0.25) is 0 Å². The molecule has 0 fully saturated rings. The molecule has 0 amide bonds. The minimum atomic E-state index is -0.115. The zero-order valence-corrected chi connectivity index (χ0v) is 5.84. The Bertz CT molecular complexity index is 92.7. The molecule has 0 unspecified atom stereocenters. The maximum absolute atomic E-state index is 9.84. The van der Waals surface area contributed by atoms with Crippen molar-refractivity contribution >= 4 is 0 Å². The van der Waals surface area contributed by atoms with Crippen LogP contribution in [0.5, 0.6) is 0 Å². The summed E-state index contributed by atoms with van der Waals surface area (Å²) in [4.78, 5) is 0. The highest BCUT2D eigenvalue weighted by Gasteiger charge is 1.69. The summed E-state index contributed by atoms with van der Waals surface area (Å²) in [6.07, 6.45) is 9.65. The summed E-state index contributed by atoms with van der Waals surface area (Å²) in [7, 11) is 0. The normalized spacial score (nSPS) is 11.8. The largest absolute Gasteiger partial charge is 0.232 e. The number of hydrogen-bond donors (Lipinski definition) is 0. The summed E-state index contributed by atoms with van der Waals surface area (Å²) in [5.74, 6) is 0. The molecular weight excluding hydrogens is 112 g/mol. The predicted molar refractivity (Wildman–Crippen MR) is 38.7 cm³/mol. The number of hydrogen-bond acceptors (Lipinski definition) is 0. The smallest absolute Gasteiger partial charge is 0.101 e. The van der Waals surface area contributed by atoms with E-state index in [0.29, 0.717) is 0 Å². The first-order chi connectivity index (χ1) is 4.41. The molecule has 0 rings (SSSR count). The molecule has 51 valence electrons. The SMILES string of the molecule is CCC/C=C/C=C/C[O]. The van der Waals surface area contributed by atoms with Crippen molar-refractivity contribution in [3.05, 3.63) is 24.3 Å². The second-order valence-electron chi connectivity index (χ2n) is 1.81. The van der Waals surface area contributed by atoms with Crippen molar-refractivity contribution in [3.8, 4) is 0 Å². The fourth-order valence-electron chi connectivity index (χ4n) is 0.476. The first kappa shape index (κ1) is 8.44. The van der Waals surface area contributed by atoms with Gasteiger partial charge >= 0.3 is 0 Å². The monoisotopic (exact) mass is 125 g/mol. The molecule has 0 aliphatic carbocycles. The van der Waals surface area contributed by atoms with E-state index in [1.807, 2.05) is 6.08 Å². The standard InChI is InChI=1S/C8H13O/c1-2-3-4-5-6-7-8-9/h4-7H,2-3,8H2,1H3/b5-4+,7-6+. The number of unbranched alkanes of at least 4 members (excludes halogenated alkanes) is 1. The summed E-state index contributed by atoms with van der Waals surface area (Å²) in [5, 5.41) is 9.84. The van der Waals surface area contributed by atoms with E-state index in [4.69, 9.17) is 0 Å². The maximum atomic E-state index is 9.84. The van der Waals surface area contributed by atoms with Gasteiger partial charge in [0.1, 0.15) is 6.61 Å². The predicted octanol–water partition coefficient (Wildman–Crippen LogP) is 2.33. The Balaban J connectivity index is 3.13. The van der Waals surface area contributed by atoms with Crippen molar-refractivity contribution < 1.29 is 5.11 Å². The molecular formula is C8H13O. The molecule has 1 nitrogen and oxygen atoms in total. The van der Waals surface area contributed by atoms with Gasteiger partial charge in [-0.15, -0.1) is 0 Å². The van der Waals surface area contributed by atoms with Gasteiger partial charge in [0.05, 0.1) is 0 Å². The summed E-state index contributed by atoms with van der Waals surface area (Å²) in [5.41, 5.74) is 0. The van der Waals surface area contributed by atoms with Gasteiger partial charge < -0.3 is 0 Å². The van der Waals surface area contributed by atoms with Crippen molar-refractivity contribution in [1.82, 2.24) is 0 Å². The molecule has 0 aliphatic heterocycles.